The molecule has 10 nitrogen and oxygen atoms in total. The summed E-state index contributed by atoms with van der Waals surface area (Å²) in [4.78, 5) is 44.2. The fourth-order valence-electron chi connectivity index (χ4n) is 6.60. The van der Waals surface area contributed by atoms with Gasteiger partial charge in [0.1, 0.15) is 18.4 Å². The average molecular weight is 741 g/mol. The molecule has 0 aliphatic carbocycles. The third kappa shape index (κ3) is 12.8. The van der Waals surface area contributed by atoms with Crippen molar-refractivity contribution in [3.8, 4) is 5.75 Å². The number of hydrogen-bond donors (Lipinski definition) is 3. The number of carbonyl (C=O) groups excluding carboxylic acids is 3. The minimum atomic E-state index is -4.85. The van der Waals surface area contributed by atoms with Gasteiger partial charge in [0.25, 0.3) is 0 Å². The first-order valence-electron chi connectivity index (χ1n) is 18.1. The van der Waals surface area contributed by atoms with Crippen LogP contribution in [0.2, 0.25) is 0 Å². The Balaban J connectivity index is 1.41. The molecule has 0 spiro atoms. The van der Waals surface area contributed by atoms with Gasteiger partial charge in [-0.25, -0.2) is 4.79 Å². The van der Waals surface area contributed by atoms with Crippen molar-refractivity contribution in [1.82, 2.24) is 15.1 Å². The van der Waals surface area contributed by atoms with E-state index in [2.05, 4.69) is 10.1 Å². The highest BCUT2D eigenvalue weighted by molar-refractivity contribution is 5.89. The van der Waals surface area contributed by atoms with E-state index in [-0.39, 0.29) is 37.3 Å². The van der Waals surface area contributed by atoms with Gasteiger partial charge >= 0.3 is 12.5 Å². The second-order valence-electron chi connectivity index (χ2n) is 13.9. The molecule has 4 N–H and O–H groups in total. The van der Waals surface area contributed by atoms with Gasteiger partial charge < -0.3 is 35.4 Å². The lowest BCUT2D eigenvalue weighted by Crippen LogP contribution is -2.56. The Morgan fingerprint density at radius 3 is 2.02 bits per heavy atom. The molecule has 1 aliphatic heterocycles. The second-order valence-corrected chi connectivity index (χ2v) is 13.9. The van der Waals surface area contributed by atoms with Crippen LogP contribution >= 0.6 is 0 Å². The lowest BCUT2D eigenvalue weighted by molar-refractivity contribution is -0.274. The van der Waals surface area contributed by atoms with Crippen molar-refractivity contribution >= 4 is 17.9 Å². The van der Waals surface area contributed by atoms with Crippen LogP contribution in [0.4, 0.5) is 18.0 Å². The van der Waals surface area contributed by atoms with E-state index in [1.54, 1.807) is 9.80 Å². The van der Waals surface area contributed by atoms with Crippen LogP contribution in [-0.4, -0.2) is 83.0 Å². The summed E-state index contributed by atoms with van der Waals surface area (Å²) in [5.74, 6) is -2.27. The number of alkyl halides is 3. The first-order chi connectivity index (χ1) is 25.2. The molecule has 53 heavy (non-hydrogen) atoms. The molecule has 0 aromatic heterocycles. The molecule has 1 fully saturated rings. The van der Waals surface area contributed by atoms with E-state index >= 15 is 0 Å². The van der Waals surface area contributed by atoms with Gasteiger partial charge in [-0.3, -0.25) is 9.59 Å². The standard InChI is InChI=1S/C40H51F3N4O6/c1-4-47(39(51)52-26-30-13-9-6-10-14-30)32-19-21-46(22-20-32)38(50)36(27(2)3)45-37(49)31(23-29-15-17-33(18-16-29)53-40(41,42)43)25-35(48)34(44)24-28-11-7-5-8-12-28/h5-18,27,31-32,34-36,48H,4,19-26,44H2,1-3H3,(H,45,49)/t31-,34+,35+,36+/m1/s1. The van der Waals surface area contributed by atoms with Crippen molar-refractivity contribution in [2.75, 3.05) is 19.6 Å². The van der Waals surface area contributed by atoms with Crippen LogP contribution in [0.25, 0.3) is 0 Å². The van der Waals surface area contributed by atoms with E-state index in [0.29, 0.717) is 44.5 Å². The molecule has 3 aromatic carbocycles. The van der Waals surface area contributed by atoms with Crippen LogP contribution in [0.15, 0.2) is 84.9 Å². The van der Waals surface area contributed by atoms with E-state index in [0.717, 1.165) is 11.1 Å². The Morgan fingerprint density at radius 1 is 0.906 bits per heavy atom. The van der Waals surface area contributed by atoms with Crippen LogP contribution in [0, 0.1) is 11.8 Å². The van der Waals surface area contributed by atoms with E-state index in [1.165, 1.54) is 24.3 Å². The number of nitrogens with one attached hydrogen (secondary N) is 1. The first-order valence-corrected chi connectivity index (χ1v) is 18.1. The zero-order valence-electron chi connectivity index (χ0n) is 30.5. The number of halogens is 3. The molecule has 1 aliphatic rings. The highest BCUT2D eigenvalue weighted by Gasteiger charge is 2.36. The summed E-state index contributed by atoms with van der Waals surface area (Å²) in [6.45, 7) is 6.93. The number of benzene rings is 3. The minimum Gasteiger partial charge on any atom is -0.445 e. The lowest BCUT2D eigenvalue weighted by atomic mass is 9.88. The number of hydrogen-bond acceptors (Lipinski definition) is 7. The maximum absolute atomic E-state index is 14.0. The van der Waals surface area contributed by atoms with Crippen molar-refractivity contribution in [1.29, 1.82) is 0 Å². The van der Waals surface area contributed by atoms with Gasteiger partial charge in [0.15, 0.2) is 0 Å². The summed E-state index contributed by atoms with van der Waals surface area (Å²) >= 11 is 0. The minimum absolute atomic E-state index is 0.0434. The molecule has 1 saturated heterocycles. The number of carbonyl (C=O) groups is 3. The fourth-order valence-corrected chi connectivity index (χ4v) is 6.60. The smallest absolute Gasteiger partial charge is 0.445 e. The van der Waals surface area contributed by atoms with E-state index in [4.69, 9.17) is 10.5 Å². The van der Waals surface area contributed by atoms with Crippen LogP contribution in [0.3, 0.4) is 0 Å². The molecule has 3 amide bonds. The largest absolute Gasteiger partial charge is 0.573 e. The normalized spacial score (nSPS) is 16.0. The van der Waals surface area contributed by atoms with E-state index in [1.807, 2.05) is 81.4 Å². The van der Waals surface area contributed by atoms with Gasteiger partial charge in [0.2, 0.25) is 11.8 Å². The fraction of sp³-hybridized carbons (Fsp3) is 0.475. The lowest BCUT2D eigenvalue weighted by Gasteiger charge is -2.39. The SMILES string of the molecule is CCN(C(=O)OCc1ccccc1)C1CCN(C(=O)[C@@H](NC(=O)[C@H](Cc2ccc(OC(F)(F)F)cc2)C[C@H](O)[C@@H](N)Cc2ccccc2)C(C)C)CC1. The average Bonchev–Trinajstić information content (AvgIpc) is 3.13. The Bertz CT molecular complexity index is 1590. The predicted octanol–water partition coefficient (Wildman–Crippen LogP) is 5.86. The maximum atomic E-state index is 14.0. The van der Waals surface area contributed by atoms with Crippen LogP contribution in [-0.2, 0) is 33.8 Å². The van der Waals surface area contributed by atoms with Crippen molar-refractivity contribution in [2.45, 2.75) is 90.1 Å². The number of aliphatic hydroxyl groups is 1. The number of nitrogens with two attached hydrogens (primary N) is 1. The summed E-state index contributed by atoms with van der Waals surface area (Å²) in [5, 5.41) is 14.1. The van der Waals surface area contributed by atoms with Crippen molar-refractivity contribution in [3.05, 3.63) is 102 Å². The Hall–Kier alpha value is -4.62. The molecule has 0 saturated carbocycles. The molecule has 0 radical (unpaired) electrons. The van der Waals surface area contributed by atoms with Crippen LogP contribution < -0.4 is 15.8 Å². The van der Waals surface area contributed by atoms with Gasteiger partial charge in [0, 0.05) is 37.6 Å². The molecular formula is C40H51F3N4O6. The van der Waals surface area contributed by atoms with Gasteiger partial charge in [-0.15, -0.1) is 13.2 Å². The monoisotopic (exact) mass is 740 g/mol. The maximum Gasteiger partial charge on any atom is 0.573 e. The topological polar surface area (TPSA) is 134 Å². The third-order valence-corrected chi connectivity index (χ3v) is 9.57. The number of aliphatic hydroxyl groups excluding tert-OH is 1. The first kappa shape index (κ1) is 41.1. The number of rotatable bonds is 16. The Morgan fingerprint density at radius 2 is 1.47 bits per heavy atom. The van der Waals surface area contributed by atoms with Crippen LogP contribution in [0.5, 0.6) is 5.75 Å². The number of amides is 3. The molecular weight excluding hydrogens is 689 g/mol. The van der Waals surface area contributed by atoms with E-state index in [9.17, 15) is 32.7 Å². The summed E-state index contributed by atoms with van der Waals surface area (Å²) in [6, 6.07) is 22.3. The zero-order valence-corrected chi connectivity index (χ0v) is 30.5. The molecule has 1 heterocycles. The van der Waals surface area contributed by atoms with Crippen molar-refractivity contribution < 1.29 is 42.1 Å². The number of piperidine rings is 1. The van der Waals surface area contributed by atoms with E-state index < -0.39 is 48.2 Å². The molecule has 288 valence electrons. The van der Waals surface area contributed by atoms with Crippen molar-refractivity contribution in [2.24, 2.45) is 17.6 Å². The highest BCUT2D eigenvalue weighted by Crippen LogP contribution is 2.26. The molecule has 4 rings (SSSR count). The van der Waals surface area contributed by atoms with Gasteiger partial charge in [-0.2, -0.15) is 0 Å². The summed E-state index contributed by atoms with van der Waals surface area (Å²) in [6.07, 6.45) is -4.87. The number of likely N-dealkylation sites (tertiary alicyclic amines) is 1. The molecule has 3 aromatic rings. The zero-order chi connectivity index (χ0) is 38.5. The second kappa shape index (κ2) is 19.5. The molecule has 0 bridgehead atoms. The van der Waals surface area contributed by atoms with Gasteiger partial charge in [-0.1, -0.05) is 86.6 Å². The summed E-state index contributed by atoms with van der Waals surface area (Å²) in [5.41, 5.74) is 8.72. The quantitative estimate of drug-likeness (QED) is 0.168. The molecule has 13 heteroatoms. The molecule has 0 unspecified atom stereocenters. The van der Waals surface area contributed by atoms with Gasteiger partial charge in [-0.05, 0) is 73.8 Å². The number of ether oxygens (including phenoxy) is 2. The third-order valence-electron chi connectivity index (χ3n) is 9.57. The number of nitrogens with zero attached hydrogens (tertiary/aromatic N) is 2. The summed E-state index contributed by atoms with van der Waals surface area (Å²) in [7, 11) is 0. The van der Waals surface area contributed by atoms with Crippen LogP contribution in [0.1, 0.15) is 56.7 Å². The Kier molecular flexibility index (Phi) is 15.1. The Labute approximate surface area is 309 Å². The molecule has 4 atom stereocenters. The predicted molar refractivity (Wildman–Crippen MR) is 194 cm³/mol. The van der Waals surface area contributed by atoms with Crippen molar-refractivity contribution in [3.63, 3.8) is 0 Å². The van der Waals surface area contributed by atoms with Gasteiger partial charge in [0.05, 0.1) is 6.10 Å². The summed E-state index contributed by atoms with van der Waals surface area (Å²) < 4.78 is 47.8. The highest BCUT2D eigenvalue weighted by atomic mass is 19.4.